The first-order valence-corrected chi connectivity index (χ1v) is 5.91. The minimum atomic E-state index is -0.540. The molecule has 17 heavy (non-hydrogen) atoms. The molecular weight excluding hydrogens is 266 g/mol. The van der Waals surface area contributed by atoms with Gasteiger partial charge in [-0.05, 0) is 6.07 Å². The SMILES string of the molecule is O=[N+]([O-])c1ccc(OCCOCCS)cc1Cl. The Bertz CT molecular complexity index is 389. The zero-order chi connectivity index (χ0) is 12.7. The van der Waals surface area contributed by atoms with Gasteiger partial charge in [-0.25, -0.2) is 0 Å². The van der Waals surface area contributed by atoms with Crippen LogP contribution in [0.2, 0.25) is 5.02 Å². The van der Waals surface area contributed by atoms with E-state index in [2.05, 4.69) is 12.6 Å². The third-order valence-corrected chi connectivity index (χ3v) is 2.33. The molecule has 0 aliphatic rings. The van der Waals surface area contributed by atoms with Crippen molar-refractivity contribution in [2.75, 3.05) is 25.6 Å². The van der Waals surface area contributed by atoms with Crippen LogP contribution in [0.4, 0.5) is 5.69 Å². The largest absolute Gasteiger partial charge is 0.491 e. The molecule has 0 unspecified atom stereocenters. The maximum atomic E-state index is 10.5. The molecule has 0 aliphatic heterocycles. The summed E-state index contributed by atoms with van der Waals surface area (Å²) in [5, 5.41) is 10.6. The number of rotatable bonds is 7. The molecular formula is C10H12ClNO4S. The quantitative estimate of drug-likeness (QED) is 0.360. The van der Waals surface area contributed by atoms with E-state index in [-0.39, 0.29) is 10.7 Å². The number of nitrogens with zero attached hydrogens (tertiary/aromatic N) is 1. The van der Waals surface area contributed by atoms with E-state index in [9.17, 15) is 10.1 Å². The van der Waals surface area contributed by atoms with Gasteiger partial charge in [0.15, 0.2) is 0 Å². The van der Waals surface area contributed by atoms with Crippen LogP contribution in [-0.4, -0.2) is 30.5 Å². The van der Waals surface area contributed by atoms with Gasteiger partial charge >= 0.3 is 0 Å². The Labute approximate surface area is 109 Å². The third kappa shape index (κ3) is 4.80. The van der Waals surface area contributed by atoms with Gasteiger partial charge in [0.2, 0.25) is 0 Å². The minimum Gasteiger partial charge on any atom is -0.491 e. The lowest BCUT2D eigenvalue weighted by Gasteiger charge is -2.06. The summed E-state index contributed by atoms with van der Waals surface area (Å²) in [7, 11) is 0. The van der Waals surface area contributed by atoms with Gasteiger partial charge in [-0.3, -0.25) is 10.1 Å². The summed E-state index contributed by atoms with van der Waals surface area (Å²) in [5.41, 5.74) is -0.134. The maximum Gasteiger partial charge on any atom is 0.288 e. The van der Waals surface area contributed by atoms with Crippen LogP contribution in [0.5, 0.6) is 5.75 Å². The highest BCUT2D eigenvalue weighted by Gasteiger charge is 2.12. The summed E-state index contributed by atoms with van der Waals surface area (Å²) in [5.74, 6) is 1.14. The fraction of sp³-hybridized carbons (Fsp3) is 0.400. The van der Waals surface area contributed by atoms with Crippen LogP contribution in [0.3, 0.4) is 0 Å². The topological polar surface area (TPSA) is 61.6 Å². The van der Waals surface area contributed by atoms with E-state index in [1.165, 1.54) is 18.2 Å². The second-order valence-corrected chi connectivity index (χ2v) is 3.91. The number of hydrogen-bond acceptors (Lipinski definition) is 5. The number of nitro benzene ring substituents is 1. The van der Waals surface area contributed by atoms with Crippen LogP contribution < -0.4 is 4.74 Å². The molecule has 1 rings (SSSR count). The van der Waals surface area contributed by atoms with E-state index in [1.54, 1.807) is 0 Å². The molecule has 0 aliphatic carbocycles. The van der Waals surface area contributed by atoms with E-state index >= 15 is 0 Å². The molecule has 0 spiro atoms. The molecule has 5 nitrogen and oxygen atoms in total. The highest BCUT2D eigenvalue weighted by molar-refractivity contribution is 7.80. The molecule has 0 radical (unpaired) electrons. The Morgan fingerprint density at radius 3 is 2.71 bits per heavy atom. The van der Waals surface area contributed by atoms with Crippen LogP contribution in [0, 0.1) is 10.1 Å². The Morgan fingerprint density at radius 1 is 1.35 bits per heavy atom. The van der Waals surface area contributed by atoms with Gasteiger partial charge in [0, 0.05) is 17.9 Å². The van der Waals surface area contributed by atoms with Crippen molar-refractivity contribution in [1.82, 2.24) is 0 Å². The van der Waals surface area contributed by atoms with Crippen molar-refractivity contribution < 1.29 is 14.4 Å². The van der Waals surface area contributed by atoms with Gasteiger partial charge < -0.3 is 9.47 Å². The summed E-state index contributed by atoms with van der Waals surface area (Å²) in [6.07, 6.45) is 0. The molecule has 1 aromatic carbocycles. The Kier molecular flexibility index (Phi) is 6.10. The summed E-state index contributed by atoms with van der Waals surface area (Å²) in [6.45, 7) is 1.37. The molecule has 7 heteroatoms. The second kappa shape index (κ2) is 7.37. The summed E-state index contributed by atoms with van der Waals surface area (Å²) in [6, 6.07) is 4.23. The van der Waals surface area contributed by atoms with E-state index in [1.807, 2.05) is 0 Å². The van der Waals surface area contributed by atoms with Crippen molar-refractivity contribution in [2.45, 2.75) is 0 Å². The molecule has 0 atom stereocenters. The van der Waals surface area contributed by atoms with Gasteiger partial charge in [-0.1, -0.05) is 11.6 Å². The Balaban J connectivity index is 2.45. The lowest BCUT2D eigenvalue weighted by molar-refractivity contribution is -0.384. The van der Waals surface area contributed by atoms with E-state index < -0.39 is 4.92 Å². The predicted octanol–water partition coefficient (Wildman–Crippen LogP) is 2.57. The molecule has 0 heterocycles. The van der Waals surface area contributed by atoms with E-state index in [4.69, 9.17) is 21.1 Å². The van der Waals surface area contributed by atoms with E-state index in [0.29, 0.717) is 31.3 Å². The fourth-order valence-corrected chi connectivity index (χ4v) is 1.48. The van der Waals surface area contributed by atoms with Gasteiger partial charge in [-0.15, -0.1) is 0 Å². The number of ether oxygens (including phenoxy) is 2. The van der Waals surface area contributed by atoms with Crippen molar-refractivity contribution in [3.8, 4) is 5.75 Å². The fourth-order valence-electron chi connectivity index (χ4n) is 1.11. The lowest BCUT2D eigenvalue weighted by atomic mass is 10.3. The zero-order valence-corrected chi connectivity index (χ0v) is 10.6. The summed E-state index contributed by atoms with van der Waals surface area (Å²) in [4.78, 5) is 9.98. The Hall–Kier alpha value is -0.980. The molecule has 0 saturated heterocycles. The Morgan fingerprint density at radius 2 is 2.12 bits per heavy atom. The molecule has 0 bridgehead atoms. The molecule has 1 aromatic rings. The van der Waals surface area contributed by atoms with Crippen LogP contribution in [-0.2, 0) is 4.74 Å². The number of nitro groups is 1. The lowest BCUT2D eigenvalue weighted by Crippen LogP contribution is -2.08. The van der Waals surface area contributed by atoms with Crippen molar-refractivity contribution in [3.05, 3.63) is 33.3 Å². The average Bonchev–Trinajstić information content (AvgIpc) is 2.28. The summed E-state index contributed by atoms with van der Waals surface area (Å²) < 4.78 is 10.5. The van der Waals surface area contributed by atoms with Crippen molar-refractivity contribution in [3.63, 3.8) is 0 Å². The third-order valence-electron chi connectivity index (χ3n) is 1.85. The molecule has 0 aromatic heterocycles. The van der Waals surface area contributed by atoms with E-state index in [0.717, 1.165) is 0 Å². The van der Waals surface area contributed by atoms with Crippen molar-refractivity contribution in [1.29, 1.82) is 0 Å². The van der Waals surface area contributed by atoms with Crippen molar-refractivity contribution in [2.24, 2.45) is 0 Å². The van der Waals surface area contributed by atoms with Gasteiger partial charge in [0.25, 0.3) is 5.69 Å². The smallest absolute Gasteiger partial charge is 0.288 e. The first-order chi connectivity index (χ1) is 8.15. The van der Waals surface area contributed by atoms with Crippen LogP contribution in [0.25, 0.3) is 0 Å². The standard InChI is InChI=1S/C10H12ClNO4S/c11-9-7-8(1-2-10(9)12(13)14)16-4-3-15-5-6-17/h1-2,7,17H,3-6H2. The summed E-state index contributed by atoms with van der Waals surface area (Å²) >= 11 is 9.71. The number of thiol groups is 1. The maximum absolute atomic E-state index is 10.5. The average molecular weight is 278 g/mol. The monoisotopic (exact) mass is 277 g/mol. The second-order valence-electron chi connectivity index (χ2n) is 3.05. The first-order valence-electron chi connectivity index (χ1n) is 4.90. The van der Waals surface area contributed by atoms with Crippen molar-refractivity contribution >= 4 is 29.9 Å². The van der Waals surface area contributed by atoms with Gasteiger partial charge in [-0.2, -0.15) is 12.6 Å². The highest BCUT2D eigenvalue weighted by Crippen LogP contribution is 2.28. The normalized spacial score (nSPS) is 10.2. The molecule has 0 saturated carbocycles. The van der Waals surface area contributed by atoms with Gasteiger partial charge in [0.1, 0.15) is 17.4 Å². The predicted molar refractivity (Wildman–Crippen MR) is 68.3 cm³/mol. The number of halogens is 1. The molecule has 0 fully saturated rings. The zero-order valence-electron chi connectivity index (χ0n) is 8.97. The molecule has 0 amide bonds. The highest BCUT2D eigenvalue weighted by atomic mass is 35.5. The molecule has 0 N–H and O–H groups in total. The van der Waals surface area contributed by atoms with Gasteiger partial charge in [0.05, 0.1) is 18.1 Å². The number of benzene rings is 1. The minimum absolute atomic E-state index is 0.0591. The van der Waals surface area contributed by atoms with Crippen LogP contribution >= 0.6 is 24.2 Å². The van der Waals surface area contributed by atoms with Crippen LogP contribution in [0.15, 0.2) is 18.2 Å². The number of hydrogen-bond donors (Lipinski definition) is 1. The molecule has 94 valence electrons. The first kappa shape index (κ1) is 14.1. The van der Waals surface area contributed by atoms with Crippen LogP contribution in [0.1, 0.15) is 0 Å².